The van der Waals surface area contributed by atoms with Gasteiger partial charge >= 0.3 is 0 Å². The van der Waals surface area contributed by atoms with Crippen LogP contribution in [0.4, 0.5) is 0 Å². The molecule has 1 aromatic carbocycles. The number of rotatable bonds is 8. The fraction of sp³-hybridized carbons (Fsp3) is 0.571. The van der Waals surface area contributed by atoms with E-state index in [2.05, 4.69) is 13.0 Å². The van der Waals surface area contributed by atoms with Crippen LogP contribution in [-0.4, -0.2) is 13.7 Å². The molecule has 0 fully saturated rings. The molecule has 0 aliphatic rings. The van der Waals surface area contributed by atoms with E-state index in [4.69, 9.17) is 9.47 Å². The number of hydrogen-bond acceptors (Lipinski definition) is 2. The highest BCUT2D eigenvalue weighted by Crippen LogP contribution is 2.16. The lowest BCUT2D eigenvalue weighted by Crippen LogP contribution is -1.97. The minimum atomic E-state index is 0.784. The molecule has 2 nitrogen and oxygen atoms in total. The summed E-state index contributed by atoms with van der Waals surface area (Å²) in [4.78, 5) is 0. The van der Waals surface area contributed by atoms with Crippen molar-refractivity contribution in [3.8, 4) is 11.5 Å². The zero-order chi connectivity index (χ0) is 11.6. The highest BCUT2D eigenvalue weighted by Gasteiger charge is 1.95. The average Bonchev–Trinajstić information content (AvgIpc) is 2.34. The van der Waals surface area contributed by atoms with Crippen molar-refractivity contribution >= 4 is 0 Å². The van der Waals surface area contributed by atoms with Crippen LogP contribution in [0.5, 0.6) is 11.5 Å². The van der Waals surface area contributed by atoms with Crippen LogP contribution < -0.4 is 9.47 Å². The van der Waals surface area contributed by atoms with E-state index < -0.39 is 0 Å². The Morgan fingerprint density at radius 2 is 1.94 bits per heavy atom. The smallest absolute Gasteiger partial charge is 0.127 e. The van der Waals surface area contributed by atoms with E-state index in [1.165, 1.54) is 25.7 Å². The first kappa shape index (κ1) is 12.9. The van der Waals surface area contributed by atoms with Crippen molar-refractivity contribution < 1.29 is 9.47 Å². The summed E-state index contributed by atoms with van der Waals surface area (Å²) in [7, 11) is 1.65. The molecule has 0 saturated heterocycles. The van der Waals surface area contributed by atoms with Crippen LogP contribution in [0.25, 0.3) is 0 Å². The number of methoxy groups -OCH3 is 1. The fourth-order valence-corrected chi connectivity index (χ4v) is 1.50. The summed E-state index contributed by atoms with van der Waals surface area (Å²) in [5, 5.41) is 0. The molecule has 0 aliphatic carbocycles. The van der Waals surface area contributed by atoms with Gasteiger partial charge in [0.25, 0.3) is 0 Å². The van der Waals surface area contributed by atoms with E-state index in [-0.39, 0.29) is 0 Å². The quantitative estimate of drug-likeness (QED) is 0.621. The average molecular weight is 221 g/mol. The van der Waals surface area contributed by atoms with Crippen LogP contribution in [0.2, 0.25) is 0 Å². The molecule has 0 atom stereocenters. The fourth-order valence-electron chi connectivity index (χ4n) is 1.50. The Balaban J connectivity index is 2.12. The number of benzene rings is 1. The molecule has 89 valence electrons. The van der Waals surface area contributed by atoms with Crippen LogP contribution in [0.1, 0.15) is 39.0 Å². The number of ether oxygens (including phenoxy) is 2. The molecule has 0 bridgehead atoms. The minimum Gasteiger partial charge on any atom is -0.497 e. The lowest BCUT2D eigenvalue weighted by atomic mass is 10.2. The van der Waals surface area contributed by atoms with Crippen LogP contribution >= 0.6 is 0 Å². The summed E-state index contributed by atoms with van der Waals surface area (Å²) in [6.45, 7) is 3.01. The second-order valence-electron chi connectivity index (χ2n) is 3.86. The molecule has 0 unspecified atom stereocenters. The topological polar surface area (TPSA) is 18.5 Å². The van der Waals surface area contributed by atoms with Gasteiger partial charge in [-0.2, -0.15) is 0 Å². The number of hydrogen-bond donors (Lipinski definition) is 0. The molecule has 0 spiro atoms. The molecule has 1 aromatic rings. The molecule has 1 rings (SSSR count). The zero-order valence-corrected chi connectivity index (χ0v) is 10.3. The summed E-state index contributed by atoms with van der Waals surface area (Å²) < 4.78 is 10.6. The lowest BCUT2D eigenvalue weighted by Gasteiger charge is -2.06. The molecule has 0 aromatic heterocycles. The van der Waals surface area contributed by atoms with Crippen LogP contribution in [0, 0.1) is 6.07 Å². The standard InChI is InChI=1S/C14H21O2/c1-3-4-5-6-7-12-16-14-10-8-13(15-2)9-11-14/h8-10H,3-7,12H2,1-2H3. The van der Waals surface area contributed by atoms with E-state index in [0.29, 0.717) is 0 Å². The molecule has 0 aliphatic heterocycles. The summed E-state index contributed by atoms with van der Waals surface area (Å²) >= 11 is 0. The maximum Gasteiger partial charge on any atom is 0.127 e. The van der Waals surface area contributed by atoms with Crippen molar-refractivity contribution in [3.63, 3.8) is 0 Å². The van der Waals surface area contributed by atoms with Gasteiger partial charge in [-0.25, -0.2) is 0 Å². The molecule has 1 radical (unpaired) electrons. The van der Waals surface area contributed by atoms with Crippen molar-refractivity contribution in [1.82, 2.24) is 0 Å². The van der Waals surface area contributed by atoms with Crippen LogP contribution in [-0.2, 0) is 0 Å². The summed E-state index contributed by atoms with van der Waals surface area (Å²) in [6.07, 6.45) is 6.30. The Kier molecular flexibility index (Phi) is 6.47. The van der Waals surface area contributed by atoms with Gasteiger partial charge in [0.05, 0.1) is 13.7 Å². The summed E-state index contributed by atoms with van der Waals surface area (Å²) in [6, 6.07) is 8.63. The van der Waals surface area contributed by atoms with Gasteiger partial charge in [-0.15, -0.1) is 0 Å². The first-order chi connectivity index (χ1) is 7.86. The third-order valence-electron chi connectivity index (χ3n) is 2.50. The highest BCUT2D eigenvalue weighted by molar-refractivity contribution is 5.29. The van der Waals surface area contributed by atoms with Gasteiger partial charge < -0.3 is 9.47 Å². The van der Waals surface area contributed by atoms with E-state index in [0.717, 1.165) is 24.5 Å². The molecular weight excluding hydrogens is 200 g/mol. The van der Waals surface area contributed by atoms with Crippen molar-refractivity contribution in [2.45, 2.75) is 39.0 Å². The Morgan fingerprint density at radius 1 is 1.12 bits per heavy atom. The van der Waals surface area contributed by atoms with Crippen molar-refractivity contribution in [2.24, 2.45) is 0 Å². The SMILES string of the molecule is CCCCCCCOc1[c]cc(OC)cc1. The first-order valence-electron chi connectivity index (χ1n) is 6.05. The largest absolute Gasteiger partial charge is 0.497 e. The molecular formula is C14H21O2. The Hall–Kier alpha value is -1.18. The zero-order valence-electron chi connectivity index (χ0n) is 10.3. The predicted molar refractivity (Wildman–Crippen MR) is 66.1 cm³/mol. The van der Waals surface area contributed by atoms with Gasteiger partial charge in [0.2, 0.25) is 0 Å². The maximum atomic E-state index is 5.57. The first-order valence-corrected chi connectivity index (χ1v) is 6.05. The van der Waals surface area contributed by atoms with Gasteiger partial charge in [-0.3, -0.25) is 0 Å². The highest BCUT2D eigenvalue weighted by atomic mass is 16.5. The summed E-state index contributed by atoms with van der Waals surface area (Å²) in [5.74, 6) is 1.62. The normalized spacial score (nSPS) is 10.1. The van der Waals surface area contributed by atoms with Gasteiger partial charge in [-0.05, 0) is 24.6 Å². The van der Waals surface area contributed by atoms with E-state index in [9.17, 15) is 0 Å². The van der Waals surface area contributed by atoms with Gasteiger partial charge in [0.1, 0.15) is 11.5 Å². The number of unbranched alkanes of at least 4 members (excludes halogenated alkanes) is 4. The van der Waals surface area contributed by atoms with Crippen molar-refractivity contribution in [2.75, 3.05) is 13.7 Å². The third-order valence-corrected chi connectivity index (χ3v) is 2.50. The maximum absolute atomic E-state index is 5.57. The van der Waals surface area contributed by atoms with E-state index in [1.807, 2.05) is 12.1 Å². The van der Waals surface area contributed by atoms with Crippen LogP contribution in [0.3, 0.4) is 0 Å². The Bertz CT molecular complexity index is 267. The Morgan fingerprint density at radius 3 is 2.56 bits per heavy atom. The van der Waals surface area contributed by atoms with E-state index in [1.54, 1.807) is 13.2 Å². The molecule has 0 N–H and O–H groups in total. The summed E-state index contributed by atoms with van der Waals surface area (Å²) in [5.41, 5.74) is 0. The second-order valence-corrected chi connectivity index (χ2v) is 3.86. The van der Waals surface area contributed by atoms with Gasteiger partial charge in [-0.1, -0.05) is 32.6 Å². The molecule has 2 heteroatoms. The van der Waals surface area contributed by atoms with Crippen molar-refractivity contribution in [1.29, 1.82) is 0 Å². The minimum absolute atomic E-state index is 0.784. The Labute approximate surface area is 98.6 Å². The van der Waals surface area contributed by atoms with Crippen LogP contribution in [0.15, 0.2) is 18.2 Å². The second kappa shape index (κ2) is 8.03. The molecule has 0 saturated carbocycles. The third kappa shape index (κ3) is 5.06. The van der Waals surface area contributed by atoms with Gasteiger partial charge in [0.15, 0.2) is 0 Å². The van der Waals surface area contributed by atoms with E-state index >= 15 is 0 Å². The molecule has 0 amide bonds. The monoisotopic (exact) mass is 221 g/mol. The van der Waals surface area contributed by atoms with Crippen molar-refractivity contribution in [3.05, 3.63) is 24.3 Å². The molecule has 16 heavy (non-hydrogen) atoms. The lowest BCUT2D eigenvalue weighted by molar-refractivity contribution is 0.303. The van der Waals surface area contributed by atoms with Gasteiger partial charge in [0, 0.05) is 6.07 Å². The molecule has 0 heterocycles. The predicted octanol–water partition coefficient (Wildman–Crippen LogP) is 3.84.